The van der Waals surface area contributed by atoms with E-state index in [1.807, 2.05) is 0 Å². The summed E-state index contributed by atoms with van der Waals surface area (Å²) < 4.78 is 0. The van der Waals surface area contributed by atoms with Gasteiger partial charge in [-0.25, -0.2) is 0 Å². The average molecular weight is 210 g/mol. The lowest BCUT2D eigenvalue weighted by Gasteiger charge is -2.12. The van der Waals surface area contributed by atoms with Crippen LogP contribution in [0, 0.1) is 11.8 Å². The molecule has 1 nitrogen and oxygen atoms in total. The second kappa shape index (κ2) is 7.05. The monoisotopic (exact) mass is 210 g/mol. The standard InChI is InChI=1S/C14H26O/c1-3-4-5-6-7-8-9-13-11-10-12(2)14(13)15/h8-9,12-15H,3-7,10-11H2,1-2H3/b9-8+. The van der Waals surface area contributed by atoms with Crippen LogP contribution in [-0.2, 0) is 0 Å². The molecule has 88 valence electrons. The van der Waals surface area contributed by atoms with E-state index < -0.39 is 0 Å². The lowest BCUT2D eigenvalue weighted by atomic mass is 10.0. The number of hydrogen-bond acceptors (Lipinski definition) is 1. The van der Waals surface area contributed by atoms with Crippen LogP contribution in [0.1, 0.15) is 58.8 Å². The van der Waals surface area contributed by atoms with Gasteiger partial charge in [-0.3, -0.25) is 0 Å². The first-order valence-corrected chi connectivity index (χ1v) is 6.60. The van der Waals surface area contributed by atoms with Crippen molar-refractivity contribution in [1.29, 1.82) is 0 Å². The molecule has 1 fully saturated rings. The summed E-state index contributed by atoms with van der Waals surface area (Å²) in [6.07, 6.45) is 13.3. The molecule has 0 aromatic heterocycles. The van der Waals surface area contributed by atoms with Gasteiger partial charge in [0.25, 0.3) is 0 Å². The number of allylic oxidation sites excluding steroid dienone is 1. The summed E-state index contributed by atoms with van der Waals surface area (Å²) in [5, 5.41) is 9.85. The quantitative estimate of drug-likeness (QED) is 0.520. The summed E-state index contributed by atoms with van der Waals surface area (Å²) >= 11 is 0. The Morgan fingerprint density at radius 1 is 1.20 bits per heavy atom. The van der Waals surface area contributed by atoms with E-state index >= 15 is 0 Å². The van der Waals surface area contributed by atoms with Crippen LogP contribution in [0.4, 0.5) is 0 Å². The molecule has 1 heteroatoms. The molecule has 0 heterocycles. The van der Waals surface area contributed by atoms with Crippen LogP contribution < -0.4 is 0 Å². The maximum absolute atomic E-state index is 9.85. The molecule has 0 aromatic carbocycles. The van der Waals surface area contributed by atoms with Gasteiger partial charge in [-0.2, -0.15) is 0 Å². The summed E-state index contributed by atoms with van der Waals surface area (Å²) in [6.45, 7) is 4.39. The van der Waals surface area contributed by atoms with Crippen LogP contribution in [0.3, 0.4) is 0 Å². The third kappa shape index (κ3) is 4.38. The van der Waals surface area contributed by atoms with Crippen molar-refractivity contribution in [3.8, 4) is 0 Å². The van der Waals surface area contributed by atoms with Crippen LogP contribution in [0.2, 0.25) is 0 Å². The van der Waals surface area contributed by atoms with Crippen molar-refractivity contribution in [2.75, 3.05) is 0 Å². The van der Waals surface area contributed by atoms with Gasteiger partial charge in [0, 0.05) is 5.92 Å². The largest absolute Gasteiger partial charge is 0.392 e. The molecular formula is C14H26O. The van der Waals surface area contributed by atoms with Crippen molar-refractivity contribution >= 4 is 0 Å². The molecule has 0 saturated heterocycles. The predicted molar refractivity (Wildman–Crippen MR) is 65.8 cm³/mol. The van der Waals surface area contributed by atoms with Crippen LogP contribution in [-0.4, -0.2) is 11.2 Å². The highest BCUT2D eigenvalue weighted by Gasteiger charge is 2.29. The first-order chi connectivity index (χ1) is 7.25. The Morgan fingerprint density at radius 3 is 2.60 bits per heavy atom. The van der Waals surface area contributed by atoms with E-state index in [0.29, 0.717) is 11.8 Å². The maximum atomic E-state index is 9.85. The second-order valence-electron chi connectivity index (χ2n) is 4.99. The Hall–Kier alpha value is -0.300. The Bertz CT molecular complexity index is 186. The molecule has 0 spiro atoms. The van der Waals surface area contributed by atoms with E-state index in [9.17, 15) is 5.11 Å². The minimum absolute atomic E-state index is 0.0862. The molecule has 3 atom stereocenters. The van der Waals surface area contributed by atoms with Crippen LogP contribution >= 0.6 is 0 Å². The molecule has 0 aliphatic heterocycles. The molecule has 3 unspecified atom stereocenters. The molecule has 0 aromatic rings. The van der Waals surface area contributed by atoms with Crippen molar-refractivity contribution in [2.45, 2.75) is 64.9 Å². The molecule has 1 rings (SSSR count). The predicted octanol–water partition coefficient (Wildman–Crippen LogP) is 3.92. The number of hydrogen-bond donors (Lipinski definition) is 1. The minimum Gasteiger partial charge on any atom is -0.392 e. The van der Waals surface area contributed by atoms with E-state index in [4.69, 9.17) is 0 Å². The third-order valence-corrected chi connectivity index (χ3v) is 3.58. The fraction of sp³-hybridized carbons (Fsp3) is 0.857. The summed E-state index contributed by atoms with van der Waals surface area (Å²) in [4.78, 5) is 0. The summed E-state index contributed by atoms with van der Waals surface area (Å²) in [5.74, 6) is 0.936. The lowest BCUT2D eigenvalue weighted by Crippen LogP contribution is -2.16. The smallest absolute Gasteiger partial charge is 0.0628 e. The van der Waals surface area contributed by atoms with Gasteiger partial charge in [0.05, 0.1) is 6.10 Å². The van der Waals surface area contributed by atoms with Crippen molar-refractivity contribution in [3.05, 3.63) is 12.2 Å². The fourth-order valence-corrected chi connectivity index (χ4v) is 2.39. The zero-order valence-corrected chi connectivity index (χ0v) is 10.3. The van der Waals surface area contributed by atoms with Crippen molar-refractivity contribution in [2.24, 2.45) is 11.8 Å². The zero-order chi connectivity index (χ0) is 11.1. The first-order valence-electron chi connectivity index (χ1n) is 6.60. The molecule has 0 bridgehead atoms. The summed E-state index contributed by atoms with van der Waals surface area (Å²) in [7, 11) is 0. The van der Waals surface area contributed by atoms with Gasteiger partial charge in [-0.1, -0.05) is 45.3 Å². The van der Waals surface area contributed by atoms with Gasteiger partial charge in [0.2, 0.25) is 0 Å². The third-order valence-electron chi connectivity index (χ3n) is 3.58. The highest BCUT2D eigenvalue weighted by Crippen LogP contribution is 2.31. The number of rotatable bonds is 6. The molecule has 1 aliphatic rings. The van der Waals surface area contributed by atoms with Gasteiger partial charge in [0.15, 0.2) is 0 Å². The number of aliphatic hydroxyl groups is 1. The highest BCUT2D eigenvalue weighted by atomic mass is 16.3. The van der Waals surface area contributed by atoms with Crippen molar-refractivity contribution < 1.29 is 5.11 Å². The fourth-order valence-electron chi connectivity index (χ4n) is 2.39. The van der Waals surface area contributed by atoms with E-state index in [1.165, 1.54) is 44.9 Å². The van der Waals surface area contributed by atoms with Crippen LogP contribution in [0.15, 0.2) is 12.2 Å². The molecule has 1 N–H and O–H groups in total. The molecule has 0 radical (unpaired) electrons. The van der Waals surface area contributed by atoms with Crippen molar-refractivity contribution in [1.82, 2.24) is 0 Å². The van der Waals surface area contributed by atoms with E-state index in [-0.39, 0.29) is 6.10 Å². The maximum Gasteiger partial charge on any atom is 0.0628 e. The Labute approximate surface area is 94.6 Å². The van der Waals surface area contributed by atoms with Gasteiger partial charge in [-0.15, -0.1) is 0 Å². The second-order valence-corrected chi connectivity index (χ2v) is 4.99. The number of aliphatic hydroxyl groups excluding tert-OH is 1. The van der Waals surface area contributed by atoms with Crippen molar-refractivity contribution in [3.63, 3.8) is 0 Å². The zero-order valence-electron chi connectivity index (χ0n) is 10.3. The molecule has 1 saturated carbocycles. The van der Waals surface area contributed by atoms with E-state index in [1.54, 1.807) is 0 Å². The Morgan fingerprint density at radius 2 is 2.00 bits per heavy atom. The van der Waals surface area contributed by atoms with Crippen LogP contribution in [0.5, 0.6) is 0 Å². The molecule has 0 amide bonds. The van der Waals surface area contributed by atoms with Gasteiger partial charge in [-0.05, 0) is 31.6 Å². The van der Waals surface area contributed by atoms with Gasteiger partial charge in [0.1, 0.15) is 0 Å². The SMILES string of the molecule is CCCCCC/C=C/C1CCC(C)C1O. The summed E-state index contributed by atoms with van der Waals surface area (Å²) in [6, 6.07) is 0. The molecule has 15 heavy (non-hydrogen) atoms. The topological polar surface area (TPSA) is 20.2 Å². The molecule has 1 aliphatic carbocycles. The Kier molecular flexibility index (Phi) is 6.00. The normalized spacial score (nSPS) is 31.5. The highest BCUT2D eigenvalue weighted by molar-refractivity contribution is 4.97. The van der Waals surface area contributed by atoms with E-state index in [0.717, 1.165) is 0 Å². The van der Waals surface area contributed by atoms with Gasteiger partial charge < -0.3 is 5.11 Å². The number of unbranched alkanes of at least 4 members (excludes halogenated alkanes) is 4. The average Bonchev–Trinajstić information content (AvgIpc) is 2.54. The summed E-state index contributed by atoms with van der Waals surface area (Å²) in [5.41, 5.74) is 0. The molecular weight excluding hydrogens is 184 g/mol. The van der Waals surface area contributed by atoms with E-state index in [2.05, 4.69) is 26.0 Å². The Balaban J connectivity index is 2.10. The van der Waals surface area contributed by atoms with Gasteiger partial charge >= 0.3 is 0 Å². The first kappa shape index (κ1) is 12.8. The van der Waals surface area contributed by atoms with Crippen LogP contribution in [0.25, 0.3) is 0 Å². The minimum atomic E-state index is -0.0862. The lowest BCUT2D eigenvalue weighted by molar-refractivity contribution is 0.115.